The molecule has 12 heteroatoms. The molecule has 0 aromatic carbocycles. The van der Waals surface area contributed by atoms with Gasteiger partial charge in [-0.1, -0.05) is 20.8 Å². The predicted molar refractivity (Wildman–Crippen MR) is 115 cm³/mol. The second-order valence-corrected chi connectivity index (χ2v) is 10.5. The van der Waals surface area contributed by atoms with Crippen LogP contribution in [0.2, 0.25) is 0 Å². The number of rotatable bonds is 13. The Kier molecular flexibility index (Phi) is 12.3. The van der Waals surface area contributed by atoms with Crippen molar-refractivity contribution in [3.05, 3.63) is 0 Å². The zero-order chi connectivity index (χ0) is 24.4. The van der Waals surface area contributed by atoms with E-state index in [1.807, 2.05) is 20.8 Å². The van der Waals surface area contributed by atoms with Crippen LogP contribution in [0.5, 0.6) is 0 Å². The van der Waals surface area contributed by atoms with E-state index in [4.69, 9.17) is 19.5 Å². The van der Waals surface area contributed by atoms with Crippen molar-refractivity contribution in [1.82, 2.24) is 10.2 Å². The van der Waals surface area contributed by atoms with Gasteiger partial charge in [-0.25, -0.2) is 4.79 Å². The molecule has 0 radical (unpaired) electrons. The van der Waals surface area contributed by atoms with Gasteiger partial charge in [0.1, 0.15) is 0 Å². The highest BCUT2D eigenvalue weighted by molar-refractivity contribution is 7.54. The number of carbonyl (C=O) groups is 3. The molecule has 4 N–H and O–H groups in total. The largest absolute Gasteiger partial charge is 0.436 e. The number of hydrogen-bond donors (Lipinski definition) is 3. The van der Waals surface area contributed by atoms with E-state index < -0.39 is 43.0 Å². The van der Waals surface area contributed by atoms with Crippen molar-refractivity contribution in [2.45, 2.75) is 71.9 Å². The molecule has 0 saturated carbocycles. The summed E-state index contributed by atoms with van der Waals surface area (Å²) in [7, 11) is -0.887. The molecule has 0 bridgehead atoms. The lowest BCUT2D eigenvalue weighted by Gasteiger charge is -2.31. The molecular formula is C19H38N3O8P. The summed E-state index contributed by atoms with van der Waals surface area (Å²) in [6.07, 6.45) is -2.31. The maximum Gasteiger partial charge on any atom is 0.405 e. The van der Waals surface area contributed by atoms with Gasteiger partial charge in [0, 0.05) is 20.5 Å². The van der Waals surface area contributed by atoms with Crippen LogP contribution in [-0.2, 0) is 27.9 Å². The normalized spacial score (nSPS) is 15.0. The molecule has 0 aliphatic heterocycles. The van der Waals surface area contributed by atoms with Crippen LogP contribution in [0.25, 0.3) is 0 Å². The van der Waals surface area contributed by atoms with Crippen LogP contribution < -0.4 is 11.1 Å². The first-order valence-electron chi connectivity index (χ1n) is 10.2. The lowest BCUT2D eigenvalue weighted by Crippen LogP contribution is -2.50. The first-order chi connectivity index (χ1) is 14.2. The minimum Gasteiger partial charge on any atom is -0.436 e. The van der Waals surface area contributed by atoms with Gasteiger partial charge in [0.15, 0.2) is 11.9 Å². The second kappa shape index (κ2) is 13.0. The van der Waals surface area contributed by atoms with Crippen LogP contribution in [0.3, 0.4) is 0 Å². The molecule has 0 aromatic rings. The molecule has 3 atom stereocenters. The molecule has 0 rings (SSSR count). The molecule has 0 aromatic heterocycles. The average molecular weight is 468 g/mol. The summed E-state index contributed by atoms with van der Waals surface area (Å²) in [5.74, 6) is -2.74. The van der Waals surface area contributed by atoms with Crippen LogP contribution in [0, 0.1) is 5.41 Å². The van der Waals surface area contributed by atoms with E-state index in [1.165, 1.54) is 4.90 Å². The van der Waals surface area contributed by atoms with E-state index >= 15 is 0 Å². The summed E-state index contributed by atoms with van der Waals surface area (Å²) in [6, 6.07) is -1.17. The number of aliphatic hydroxyl groups is 1. The molecule has 0 heterocycles. The lowest BCUT2D eigenvalue weighted by molar-refractivity contribution is -0.133. The molecule has 0 spiro atoms. The van der Waals surface area contributed by atoms with E-state index in [1.54, 1.807) is 27.9 Å². The number of nitrogens with one attached hydrogen (secondary N) is 1. The summed E-state index contributed by atoms with van der Waals surface area (Å²) in [6.45, 7) is 8.71. The number of hydrogen-bond acceptors (Lipinski definition) is 8. The van der Waals surface area contributed by atoms with Crippen molar-refractivity contribution in [2.75, 3.05) is 27.3 Å². The Labute approximate surface area is 184 Å². The Morgan fingerprint density at radius 3 is 2.03 bits per heavy atom. The summed E-state index contributed by atoms with van der Waals surface area (Å²) in [5.41, 5.74) is 4.70. The van der Waals surface area contributed by atoms with Crippen LogP contribution >= 0.6 is 7.60 Å². The molecule has 3 unspecified atom stereocenters. The van der Waals surface area contributed by atoms with Gasteiger partial charge < -0.3 is 34.8 Å². The summed E-state index contributed by atoms with van der Waals surface area (Å²) >= 11 is 0. The third kappa shape index (κ3) is 11.0. The minimum absolute atomic E-state index is 0.00304. The Bertz CT molecular complexity index is 641. The summed E-state index contributed by atoms with van der Waals surface area (Å²) in [5, 5.41) is 13.3. The summed E-state index contributed by atoms with van der Waals surface area (Å²) in [4.78, 5) is 37.5. The van der Waals surface area contributed by atoms with Gasteiger partial charge in [0.05, 0.1) is 19.3 Å². The average Bonchev–Trinajstić information content (AvgIpc) is 2.62. The molecule has 0 saturated heterocycles. The van der Waals surface area contributed by atoms with Gasteiger partial charge in [0.2, 0.25) is 5.91 Å². The lowest BCUT2D eigenvalue weighted by atomic mass is 9.89. The zero-order valence-corrected chi connectivity index (χ0v) is 20.4. The second-order valence-electron chi connectivity index (χ2n) is 8.42. The predicted octanol–water partition coefficient (Wildman–Crippen LogP) is 1.82. The van der Waals surface area contributed by atoms with E-state index in [2.05, 4.69) is 5.32 Å². The van der Waals surface area contributed by atoms with Crippen molar-refractivity contribution in [1.29, 1.82) is 0 Å². The molecule has 182 valence electrons. The third-order valence-electron chi connectivity index (χ3n) is 4.15. The van der Waals surface area contributed by atoms with Crippen LogP contribution in [0.15, 0.2) is 0 Å². The number of nitrogens with two attached hydrogens (primary N) is 1. The number of nitrogens with zero attached hydrogens (tertiary/aromatic N) is 1. The van der Waals surface area contributed by atoms with E-state index in [-0.39, 0.29) is 38.4 Å². The fourth-order valence-electron chi connectivity index (χ4n) is 2.73. The molecule has 0 aliphatic carbocycles. The van der Waals surface area contributed by atoms with Crippen molar-refractivity contribution in [3.63, 3.8) is 0 Å². The smallest absolute Gasteiger partial charge is 0.405 e. The molecule has 31 heavy (non-hydrogen) atoms. The highest BCUT2D eigenvalue weighted by Gasteiger charge is 2.42. The zero-order valence-electron chi connectivity index (χ0n) is 19.5. The van der Waals surface area contributed by atoms with Crippen LogP contribution in [-0.4, -0.2) is 73.2 Å². The SMILES string of the molecule is CCOP(=O)(OCC)C(O)C(CCC(=O)N(C)C)NC(=O)C(CC(C)(C)C)OC(N)=O. The van der Waals surface area contributed by atoms with E-state index in [0.29, 0.717) is 0 Å². The van der Waals surface area contributed by atoms with Gasteiger partial charge in [0.25, 0.3) is 5.91 Å². The first-order valence-corrected chi connectivity index (χ1v) is 11.8. The molecule has 0 aliphatic rings. The Hall–Kier alpha value is -1.68. The van der Waals surface area contributed by atoms with Crippen molar-refractivity contribution >= 4 is 25.5 Å². The Balaban J connectivity index is 5.78. The fourth-order valence-corrected chi connectivity index (χ4v) is 4.49. The number of aliphatic hydroxyl groups excluding tert-OH is 1. The highest BCUT2D eigenvalue weighted by Crippen LogP contribution is 2.53. The van der Waals surface area contributed by atoms with Crippen LogP contribution in [0.1, 0.15) is 53.9 Å². The van der Waals surface area contributed by atoms with Crippen LogP contribution in [0.4, 0.5) is 4.79 Å². The van der Waals surface area contributed by atoms with Gasteiger partial charge in [-0.2, -0.15) is 0 Å². The Morgan fingerprint density at radius 2 is 1.65 bits per heavy atom. The van der Waals surface area contributed by atoms with Gasteiger partial charge in [-0.3, -0.25) is 14.2 Å². The Morgan fingerprint density at radius 1 is 1.13 bits per heavy atom. The molecule has 3 amide bonds. The van der Waals surface area contributed by atoms with E-state index in [9.17, 15) is 24.1 Å². The maximum absolute atomic E-state index is 13.0. The van der Waals surface area contributed by atoms with Crippen molar-refractivity contribution in [2.24, 2.45) is 11.1 Å². The minimum atomic E-state index is -4.02. The van der Waals surface area contributed by atoms with Gasteiger partial charge in [-0.05, 0) is 32.1 Å². The maximum atomic E-state index is 13.0. The number of ether oxygens (including phenoxy) is 1. The topological polar surface area (TPSA) is 157 Å². The van der Waals surface area contributed by atoms with Crippen molar-refractivity contribution in [3.8, 4) is 0 Å². The molecule has 0 fully saturated rings. The summed E-state index contributed by atoms with van der Waals surface area (Å²) < 4.78 is 28.4. The molecule has 11 nitrogen and oxygen atoms in total. The van der Waals surface area contributed by atoms with Crippen molar-refractivity contribution < 1.29 is 37.8 Å². The number of carbonyl (C=O) groups excluding carboxylic acids is 3. The monoisotopic (exact) mass is 467 g/mol. The number of primary amides is 1. The standard InChI is InChI=1S/C19H38N3O8P/c1-8-28-31(27,29-9-2)17(25)13(10-11-15(23)22(6)7)21-16(24)14(30-18(20)26)12-19(3,4)5/h13-14,17,25H,8-12H2,1-7H3,(H2,20,26)(H,21,24). The van der Waals surface area contributed by atoms with Gasteiger partial charge >= 0.3 is 13.7 Å². The fraction of sp³-hybridized carbons (Fsp3) is 0.842. The van der Waals surface area contributed by atoms with Gasteiger partial charge in [-0.15, -0.1) is 0 Å². The highest BCUT2D eigenvalue weighted by atomic mass is 31.2. The first kappa shape index (κ1) is 29.3. The quantitative estimate of drug-likeness (QED) is 0.346. The molecular weight excluding hydrogens is 429 g/mol. The third-order valence-corrected chi connectivity index (χ3v) is 6.39. The van der Waals surface area contributed by atoms with E-state index in [0.717, 1.165) is 0 Å². The number of amides is 3.